The number of carboxylic acid groups (broad SMARTS) is 4. The number of anilines is 6. The maximum Gasteiger partial charge on any atom is 0.346 e. The Kier molecular flexibility index (Phi) is 28.1. The molecule has 14 nitrogen and oxygen atoms in total. The SMILES string of the molecule is CC1(C)c2ccccc2-c2ccc(/C=C/c3ccc(N(c4ccc(/C=C/c5ccc(-c6ccc(/C=C(/C#N)C(=O)O)s6)cc5)cc4)c4ccc(/C=C/c5ccc(-c6ccc(/C=C(/C#N)C(=O)O)s6)cc5)cc4)cc3)cc21.[C-]#[N+]/C(=C\c1ccc(-c2ccc(/C=C/c3ccc(N(c4ccc(C)cc4)c4ccc(/C=C/c5ccc(-c6ccc(/C=C(\C#N)C(=O)O)s6)s5)cc4)cc3)s2)s1)C(=O)O. The number of fused-ring (bicyclic) bond motifs is 3. The number of aliphatic carboxylic acids is 4. The molecule has 17 rings (SSSR count). The summed E-state index contributed by atoms with van der Waals surface area (Å²) in [5.41, 5.74) is 22.0. The summed E-state index contributed by atoms with van der Waals surface area (Å²) in [5, 5.41) is 64.2. The highest BCUT2D eigenvalue weighted by atomic mass is 32.1. The zero-order valence-corrected chi connectivity index (χ0v) is 77.0. The van der Waals surface area contributed by atoms with Crippen molar-refractivity contribution < 1.29 is 39.6 Å². The third-order valence-corrected chi connectivity index (χ3v) is 28.8. The van der Waals surface area contributed by atoms with E-state index in [0.29, 0.717) is 9.75 Å². The average Bonchev–Trinajstić information content (AvgIpc) is 1.59. The first-order valence-corrected chi connectivity index (χ1v) is 47.0. The molecular weight excluding hydrogens is 1770 g/mol. The fourth-order valence-corrected chi connectivity index (χ4v) is 20.9. The molecule has 0 unspecified atom stereocenters. The van der Waals surface area contributed by atoms with Crippen molar-refractivity contribution >= 4 is 211 Å². The van der Waals surface area contributed by atoms with Crippen molar-refractivity contribution in [1.29, 1.82) is 15.8 Å². The zero-order chi connectivity index (χ0) is 93.4. The van der Waals surface area contributed by atoms with Crippen LogP contribution in [0.15, 0.2) is 332 Å². The molecule has 0 spiro atoms. The number of benzene rings is 10. The van der Waals surface area contributed by atoms with Crippen LogP contribution in [0.5, 0.6) is 0 Å². The van der Waals surface area contributed by atoms with Crippen LogP contribution in [0.4, 0.5) is 34.1 Å². The smallest absolute Gasteiger partial charge is 0.346 e. The first kappa shape index (κ1) is 90.8. The number of nitrogens with zero attached hydrogens (tertiary/aromatic N) is 6. The molecule has 6 heterocycles. The molecule has 16 aromatic rings. The second-order valence-electron chi connectivity index (χ2n) is 31.4. The number of hydrogen-bond acceptors (Lipinski definition) is 15. The molecule has 4 N–H and O–H groups in total. The standard InChI is InChI=1S/C67H47N3O4S2.C47H31N3O4S4/c1-67(2)61-6-4-3-5-59(61)60-36-23-49(39-62(60)67)12-11-48-21-32-56(33-22-48)70(54-28-17-46(18-29-54)9-7-44-13-24-50(25-14-44)63-37-34-57(75-63)40-52(42-68)65(71)72)55-30-19-47(20-31-55)10-8-45-15-26-51(27-16-45)64-38-35-58(76-64)41-53(43-69)66(73)74;1-30-3-11-34(12-4-30)50(35-13-5-31(6-14-35)9-17-37-19-23-42(55-37)44-25-21-39(57-44)27-33(29-48)46(51)52)36-15-7-32(8-16-36)10-18-38-20-24-43(56-38)45-26-22-40(58-45)28-41(49-2)47(53)54/h3-41H,1-2H3,(H,71,72)(H,73,74);3-28H,1H3,(H,51,52)(H,53,54)/b9-7+,10-8+,12-11+,52-40-,53-41-;17-9+,18-10+,33-27+,41-28-. The summed E-state index contributed by atoms with van der Waals surface area (Å²) in [5.74, 6) is -4.94. The van der Waals surface area contributed by atoms with Gasteiger partial charge in [0.25, 0.3) is 5.70 Å². The number of thiophene rings is 6. The minimum Gasteiger partial charge on any atom is -0.486 e. The molecular formula is C114H78N6O8S6. The van der Waals surface area contributed by atoms with Gasteiger partial charge < -0.3 is 30.2 Å². The van der Waals surface area contributed by atoms with E-state index in [9.17, 15) is 34.5 Å². The van der Waals surface area contributed by atoms with Gasteiger partial charge in [0.15, 0.2) is 0 Å². The third kappa shape index (κ3) is 22.0. The van der Waals surface area contributed by atoms with Gasteiger partial charge in [-0.25, -0.2) is 19.2 Å². The molecule has 0 amide bonds. The summed E-state index contributed by atoms with van der Waals surface area (Å²) in [6.45, 7) is 13.8. The van der Waals surface area contributed by atoms with Crippen molar-refractivity contribution in [2.24, 2.45) is 0 Å². The van der Waals surface area contributed by atoms with E-state index >= 15 is 0 Å². The number of hydrogen-bond donors (Lipinski definition) is 4. The Balaban J connectivity index is 0.000000202. The summed E-state index contributed by atoms with van der Waals surface area (Å²) < 4.78 is 0. The largest absolute Gasteiger partial charge is 0.486 e. The molecule has 0 radical (unpaired) electrons. The fraction of sp³-hybridized carbons (Fsp3) is 0.0351. The Hall–Kier alpha value is -16.5. The van der Waals surface area contributed by atoms with E-state index in [1.54, 1.807) is 40.9 Å². The summed E-state index contributed by atoms with van der Waals surface area (Å²) in [7, 11) is 0. The van der Waals surface area contributed by atoms with Crippen LogP contribution >= 0.6 is 68.0 Å². The minimum atomic E-state index is -1.24. The highest BCUT2D eigenvalue weighted by molar-refractivity contribution is 7.23. The fourth-order valence-electron chi connectivity index (χ4n) is 15.1. The van der Waals surface area contributed by atoms with Crippen LogP contribution in [-0.2, 0) is 24.6 Å². The van der Waals surface area contributed by atoms with Crippen LogP contribution in [0.3, 0.4) is 0 Å². The molecule has 20 heteroatoms. The zero-order valence-electron chi connectivity index (χ0n) is 72.1. The molecule has 0 saturated carbocycles. The number of aryl methyl sites for hydroxylation is 1. The molecule has 0 atom stereocenters. The highest BCUT2D eigenvalue weighted by Crippen LogP contribution is 2.50. The van der Waals surface area contributed by atoms with Crippen molar-refractivity contribution in [3.63, 3.8) is 0 Å². The lowest BCUT2D eigenvalue weighted by molar-refractivity contribution is -0.133. The van der Waals surface area contributed by atoms with Crippen molar-refractivity contribution in [3.8, 4) is 69.7 Å². The second kappa shape index (κ2) is 41.5. The van der Waals surface area contributed by atoms with E-state index in [2.05, 4.69) is 333 Å². The molecule has 134 heavy (non-hydrogen) atoms. The number of carbonyl (C=O) groups is 4. The van der Waals surface area contributed by atoms with Crippen LogP contribution in [-0.4, -0.2) is 44.3 Å². The molecule has 0 saturated heterocycles. The Morgan fingerprint density at radius 3 is 0.903 bits per heavy atom. The Bertz CT molecular complexity index is 7260. The van der Waals surface area contributed by atoms with Gasteiger partial charge in [0.05, 0.1) is 6.57 Å². The van der Waals surface area contributed by atoms with E-state index in [4.69, 9.17) is 27.5 Å². The first-order chi connectivity index (χ1) is 65.1. The molecule has 0 bridgehead atoms. The maximum absolute atomic E-state index is 11.3. The van der Waals surface area contributed by atoms with Gasteiger partial charge in [-0.1, -0.05) is 232 Å². The minimum absolute atomic E-state index is 0.0627. The monoisotopic (exact) mass is 1850 g/mol. The molecule has 1 aliphatic carbocycles. The predicted molar refractivity (Wildman–Crippen MR) is 556 cm³/mol. The van der Waals surface area contributed by atoms with Crippen LogP contribution < -0.4 is 9.80 Å². The topological polar surface area (TPSA) is 231 Å². The van der Waals surface area contributed by atoms with E-state index in [-0.39, 0.29) is 27.8 Å². The molecule has 10 aromatic carbocycles. The Morgan fingerprint density at radius 1 is 0.306 bits per heavy atom. The van der Waals surface area contributed by atoms with E-state index in [1.807, 2.05) is 72.8 Å². The number of nitriles is 3. The van der Waals surface area contributed by atoms with Gasteiger partial charge in [-0.2, -0.15) is 15.8 Å². The van der Waals surface area contributed by atoms with Crippen molar-refractivity contribution in [2.75, 3.05) is 9.80 Å². The molecule has 6 aromatic heterocycles. The van der Waals surface area contributed by atoms with Gasteiger partial charge in [-0.05, 0) is 267 Å². The molecule has 648 valence electrons. The third-order valence-electron chi connectivity index (χ3n) is 22.1. The van der Waals surface area contributed by atoms with Gasteiger partial charge in [0.1, 0.15) is 34.9 Å². The van der Waals surface area contributed by atoms with Gasteiger partial charge in [0.2, 0.25) is 0 Å². The van der Waals surface area contributed by atoms with Gasteiger partial charge in [-0.15, -0.1) is 68.0 Å². The maximum atomic E-state index is 11.3. The Labute approximate surface area is 799 Å². The van der Waals surface area contributed by atoms with E-state index < -0.39 is 23.9 Å². The summed E-state index contributed by atoms with van der Waals surface area (Å²) in [4.78, 5) is 63.8. The van der Waals surface area contributed by atoms with Crippen LogP contribution in [0, 0.1) is 47.5 Å². The van der Waals surface area contributed by atoms with Gasteiger partial charge in [0, 0.05) is 98.1 Å². The van der Waals surface area contributed by atoms with Crippen LogP contribution in [0.1, 0.15) is 104 Å². The highest BCUT2D eigenvalue weighted by Gasteiger charge is 2.35. The normalized spacial score (nSPS) is 12.4. The lowest BCUT2D eigenvalue weighted by Gasteiger charge is -2.26. The summed E-state index contributed by atoms with van der Waals surface area (Å²) in [6, 6.07) is 111. The summed E-state index contributed by atoms with van der Waals surface area (Å²) in [6.07, 6.45) is 26.7. The number of rotatable bonds is 28. The molecule has 1 aliphatic rings. The predicted octanol–water partition coefficient (Wildman–Crippen LogP) is 31.1. The van der Waals surface area contributed by atoms with Crippen molar-refractivity contribution in [3.05, 3.63) is 434 Å². The molecule has 0 aliphatic heterocycles. The lowest BCUT2D eigenvalue weighted by atomic mass is 9.82. The molecule has 0 fully saturated rings. The van der Waals surface area contributed by atoms with Gasteiger partial charge in [-0.3, -0.25) is 4.79 Å². The van der Waals surface area contributed by atoms with Crippen molar-refractivity contribution in [1.82, 2.24) is 0 Å². The quantitative estimate of drug-likeness (QED) is 0.0155. The van der Waals surface area contributed by atoms with Crippen LogP contribution in [0.2, 0.25) is 0 Å². The van der Waals surface area contributed by atoms with E-state index in [0.717, 1.165) is 139 Å². The second-order valence-corrected chi connectivity index (χ2v) is 38.1. The summed E-state index contributed by atoms with van der Waals surface area (Å²) >= 11 is 9.07. The average molecular weight is 1850 g/mol. The lowest BCUT2D eigenvalue weighted by Crippen LogP contribution is -2.14. The van der Waals surface area contributed by atoms with E-state index in [1.165, 1.54) is 97.5 Å². The Morgan fingerprint density at radius 2 is 0.575 bits per heavy atom. The van der Waals surface area contributed by atoms with Crippen LogP contribution in [0.25, 0.3) is 141 Å². The first-order valence-electron chi connectivity index (χ1n) is 42.1. The number of carboxylic acids is 4. The van der Waals surface area contributed by atoms with Gasteiger partial charge >= 0.3 is 23.9 Å². The van der Waals surface area contributed by atoms with Crippen molar-refractivity contribution in [2.45, 2.75) is 26.2 Å².